The van der Waals surface area contributed by atoms with Gasteiger partial charge in [-0.2, -0.15) is 0 Å². The Morgan fingerprint density at radius 3 is 0.622 bits per heavy atom. The van der Waals surface area contributed by atoms with Crippen LogP contribution in [-0.4, -0.2) is 63.3 Å². The van der Waals surface area contributed by atoms with Gasteiger partial charge in [0.25, 0.3) is 0 Å². The summed E-state index contributed by atoms with van der Waals surface area (Å²) in [5.74, 6) is 2.39. The van der Waals surface area contributed by atoms with Gasteiger partial charge in [0, 0.05) is 57.0 Å². The lowest BCUT2D eigenvalue weighted by atomic mass is 10.0. The van der Waals surface area contributed by atoms with Crippen LogP contribution in [0.5, 0.6) is 0 Å². The normalized spacial score (nSPS) is 11.6. The summed E-state index contributed by atoms with van der Waals surface area (Å²) in [7, 11) is 0. The van der Waals surface area contributed by atoms with Gasteiger partial charge in [-0.05, 0) is 12.8 Å². The molecule has 0 saturated carbocycles. The van der Waals surface area contributed by atoms with E-state index in [1.807, 2.05) is 97.1 Å². The summed E-state index contributed by atoms with van der Waals surface area (Å²) in [6.45, 7) is 5.33. The third kappa shape index (κ3) is 20.8. The molecule has 4 aromatic carbocycles. The first-order valence-corrected chi connectivity index (χ1v) is 33.0. The highest BCUT2D eigenvalue weighted by Crippen LogP contribution is 2.37. The second kappa shape index (κ2) is 38.1. The molecule has 7 aromatic rings. The molecule has 0 unspecified atom stereocenters. The molecule has 0 spiro atoms. The number of aromatic nitrogens is 8. The molecule has 0 atom stereocenters. The van der Waals surface area contributed by atoms with Gasteiger partial charge in [-0.3, -0.25) is 0 Å². The van der Waals surface area contributed by atoms with E-state index in [1.165, 1.54) is 218 Å². The monoisotopic (exact) mass is 1110 g/mol. The van der Waals surface area contributed by atoms with E-state index in [0.717, 1.165) is 56.6 Å². The van der Waals surface area contributed by atoms with Crippen molar-refractivity contribution in [2.75, 3.05) is 13.2 Å². The molecule has 5 heterocycles. The Morgan fingerprint density at radius 1 is 0.244 bits per heavy atom. The summed E-state index contributed by atoms with van der Waals surface area (Å²) in [6, 6.07) is 32.2. The van der Waals surface area contributed by atoms with Gasteiger partial charge in [-0.1, -0.05) is 329 Å². The average molecular weight is 1110 g/mol. The second-order valence-corrected chi connectivity index (χ2v) is 23.3. The van der Waals surface area contributed by atoms with E-state index < -0.39 is 0 Å². The van der Waals surface area contributed by atoms with E-state index in [0.29, 0.717) is 59.1 Å². The van der Waals surface area contributed by atoms with Crippen LogP contribution in [0.1, 0.15) is 245 Å². The quantitative estimate of drug-likeness (QED) is 0.0284. The van der Waals surface area contributed by atoms with Crippen LogP contribution >= 0.6 is 0 Å². The Balaban J connectivity index is 0.000000198. The van der Waals surface area contributed by atoms with Gasteiger partial charge in [0.15, 0.2) is 23.3 Å². The molecule has 10 nitrogen and oxygen atoms in total. The summed E-state index contributed by atoms with van der Waals surface area (Å²) in [5.41, 5.74) is 6.45. The zero-order chi connectivity index (χ0) is 57.1. The molecule has 8 bridgehead atoms. The molecule has 82 heavy (non-hydrogen) atoms. The van der Waals surface area contributed by atoms with Crippen molar-refractivity contribution in [3.8, 4) is 45.6 Å². The second-order valence-electron chi connectivity index (χ2n) is 23.3. The minimum Gasteiger partial charge on any atom is -0.396 e. The Hall–Kier alpha value is -5.84. The minimum atomic E-state index is 0.374. The summed E-state index contributed by atoms with van der Waals surface area (Å²) >= 11 is 0. The minimum absolute atomic E-state index is 0.374. The maximum Gasteiger partial charge on any atom is 0.164 e. The van der Waals surface area contributed by atoms with Crippen molar-refractivity contribution in [2.24, 2.45) is 0 Å². The molecular formula is C72H102N8O2. The van der Waals surface area contributed by atoms with E-state index in [2.05, 4.69) is 23.8 Å². The number of H-pyrrole nitrogens is 2. The third-order valence-corrected chi connectivity index (χ3v) is 16.5. The van der Waals surface area contributed by atoms with Crippen LogP contribution in [0.15, 0.2) is 97.1 Å². The predicted molar refractivity (Wildman–Crippen MR) is 348 cm³/mol. The predicted octanol–water partition coefficient (Wildman–Crippen LogP) is 20.9. The lowest BCUT2D eigenvalue weighted by Gasteiger charge is -2.03. The largest absolute Gasteiger partial charge is 0.396 e. The van der Waals surface area contributed by atoms with Crippen LogP contribution < -0.4 is 0 Å². The summed E-state index contributed by atoms with van der Waals surface area (Å²) in [4.78, 5) is 36.8. The molecular weight excluding hydrogens is 1010 g/mol. The number of aromatic amines is 2. The van der Waals surface area contributed by atoms with E-state index in [9.17, 15) is 0 Å². The Labute approximate surface area is 492 Å². The Bertz CT molecular complexity index is 2660. The van der Waals surface area contributed by atoms with Gasteiger partial charge >= 0.3 is 0 Å². The highest BCUT2D eigenvalue weighted by Gasteiger charge is 2.22. The topological polar surface area (TPSA) is 149 Å². The highest BCUT2D eigenvalue weighted by molar-refractivity contribution is 6.06. The van der Waals surface area contributed by atoms with Crippen LogP contribution in [0.3, 0.4) is 0 Å². The third-order valence-electron chi connectivity index (χ3n) is 16.5. The smallest absolute Gasteiger partial charge is 0.164 e. The fourth-order valence-corrected chi connectivity index (χ4v) is 11.6. The maximum absolute atomic E-state index is 8.69. The molecule has 3 aromatic heterocycles. The molecule has 2 aliphatic heterocycles. The zero-order valence-electron chi connectivity index (χ0n) is 50.7. The average Bonchev–Trinajstić information content (AvgIpc) is 3.82. The number of nitrogens with one attached hydrogen (secondary N) is 2. The molecule has 10 heteroatoms. The number of hydrogen-bond acceptors (Lipinski definition) is 8. The number of aliphatic hydroxyl groups excluding tert-OH is 2. The number of unbranched alkanes of at least 4 members (excludes halogenated alkanes) is 34. The van der Waals surface area contributed by atoms with Crippen LogP contribution in [-0.2, 0) is 0 Å². The number of nitrogens with zero attached hydrogens (tertiary/aromatic N) is 6. The number of aliphatic hydroxyl groups is 2. The van der Waals surface area contributed by atoms with Crippen LogP contribution in [0.25, 0.3) is 89.7 Å². The van der Waals surface area contributed by atoms with E-state index >= 15 is 0 Å². The summed E-state index contributed by atoms with van der Waals surface area (Å²) < 4.78 is 0. The Kier molecular flexibility index (Phi) is 29.6. The molecule has 0 amide bonds. The molecule has 9 rings (SSSR count). The first kappa shape index (κ1) is 63.7. The van der Waals surface area contributed by atoms with Crippen molar-refractivity contribution in [1.82, 2.24) is 39.9 Å². The van der Waals surface area contributed by atoms with Crippen molar-refractivity contribution in [3.63, 3.8) is 0 Å². The fourth-order valence-electron chi connectivity index (χ4n) is 11.6. The van der Waals surface area contributed by atoms with Gasteiger partial charge in [0.1, 0.15) is 22.6 Å². The molecule has 4 N–H and O–H groups in total. The molecule has 2 aliphatic rings. The van der Waals surface area contributed by atoms with Gasteiger partial charge in [0.05, 0.1) is 0 Å². The summed E-state index contributed by atoms with van der Waals surface area (Å²) in [5, 5.41) is 21.2. The lowest BCUT2D eigenvalue weighted by molar-refractivity contribution is 0.282. The van der Waals surface area contributed by atoms with Gasteiger partial charge in [-0.15, -0.1) is 0 Å². The molecule has 0 fully saturated rings. The molecule has 0 saturated heterocycles. The van der Waals surface area contributed by atoms with Gasteiger partial charge in [0.2, 0.25) is 0 Å². The van der Waals surface area contributed by atoms with Crippen molar-refractivity contribution in [2.45, 2.75) is 245 Å². The molecule has 0 aliphatic carbocycles. The van der Waals surface area contributed by atoms with E-state index in [1.54, 1.807) is 0 Å². The first-order valence-electron chi connectivity index (χ1n) is 33.0. The number of fused-ring (bicyclic) bond motifs is 20. The summed E-state index contributed by atoms with van der Waals surface area (Å²) in [6.07, 6.45) is 50.3. The lowest BCUT2D eigenvalue weighted by Crippen LogP contribution is -1.85. The Morgan fingerprint density at radius 2 is 0.427 bits per heavy atom. The maximum atomic E-state index is 8.69. The number of benzene rings is 4. The van der Waals surface area contributed by atoms with Crippen LogP contribution in [0, 0.1) is 0 Å². The van der Waals surface area contributed by atoms with Crippen LogP contribution in [0.2, 0.25) is 0 Å². The zero-order valence-corrected chi connectivity index (χ0v) is 50.7. The van der Waals surface area contributed by atoms with Crippen molar-refractivity contribution in [1.29, 1.82) is 0 Å². The SMILES string of the molecule is CCCCCCCCCCCCCCCCCCCCO.CCCCCCCCCCCCCCCCCCCCO.c1ccc2c(c1)-c1nc-2nc2[nH]c(nc3nc(nc4[nH]c(n1)c1ccccc41)-c1ccccc1-3)c1ccccc21. The molecule has 0 radical (unpaired) electrons. The van der Waals surface area contributed by atoms with E-state index in [-0.39, 0.29) is 0 Å². The number of rotatable bonds is 36. The van der Waals surface area contributed by atoms with Crippen molar-refractivity contribution >= 4 is 44.1 Å². The van der Waals surface area contributed by atoms with E-state index in [4.69, 9.17) is 40.1 Å². The first-order chi connectivity index (χ1) is 40.6. The number of hydrogen-bond donors (Lipinski definition) is 4. The fraction of sp³-hybridized carbons (Fsp3) is 0.556. The van der Waals surface area contributed by atoms with Crippen molar-refractivity contribution < 1.29 is 10.2 Å². The van der Waals surface area contributed by atoms with Gasteiger partial charge in [-0.25, -0.2) is 29.9 Å². The van der Waals surface area contributed by atoms with Gasteiger partial charge < -0.3 is 20.2 Å². The van der Waals surface area contributed by atoms with Crippen molar-refractivity contribution in [3.05, 3.63) is 97.1 Å². The standard InChI is InChI=1S/C32H18N8.2C20H42O/c1-2-10-18-17(9-1)25-33-26(18)38-28-21-13-5-6-14-22(21)30(35-28)40-32-24-16-8-7-15-23(24)31(36-32)39-29-20-12-4-3-11-19(20)27(34-29)37-25;2*1-2-3-4-5-6-7-8-9-10-11-12-13-14-15-16-17-18-19-20-21/h1-16H,(H2,33,34,35,36,37,38,39,40);2*21H,2-20H2,1H3. The molecule has 442 valence electrons. The highest BCUT2D eigenvalue weighted by atomic mass is 16.3. The van der Waals surface area contributed by atoms with Crippen LogP contribution in [0.4, 0.5) is 0 Å².